The van der Waals surface area contributed by atoms with Gasteiger partial charge in [0.25, 0.3) is 5.91 Å². The van der Waals surface area contributed by atoms with Gasteiger partial charge in [-0.2, -0.15) is 0 Å². The first-order valence-electron chi connectivity index (χ1n) is 7.75. The first-order valence-corrected chi connectivity index (χ1v) is 8.12. The van der Waals surface area contributed by atoms with E-state index in [1.54, 1.807) is 30.5 Å². The van der Waals surface area contributed by atoms with Gasteiger partial charge in [-0.3, -0.25) is 9.78 Å². The van der Waals surface area contributed by atoms with Gasteiger partial charge in [-0.15, -0.1) is 0 Å². The highest BCUT2D eigenvalue weighted by Gasteiger charge is 2.23. The first-order chi connectivity index (χ1) is 11.2. The van der Waals surface area contributed by atoms with E-state index >= 15 is 0 Å². The summed E-state index contributed by atoms with van der Waals surface area (Å²) < 4.78 is 5.67. The molecule has 0 spiro atoms. The minimum Gasteiger partial charge on any atom is -0.379 e. The van der Waals surface area contributed by atoms with E-state index in [1.807, 2.05) is 23.1 Å². The van der Waals surface area contributed by atoms with Crippen LogP contribution >= 0.6 is 11.6 Å². The van der Waals surface area contributed by atoms with E-state index in [-0.39, 0.29) is 11.8 Å². The van der Waals surface area contributed by atoms with Crippen molar-refractivity contribution >= 4 is 17.5 Å². The second kappa shape index (κ2) is 7.57. The van der Waals surface area contributed by atoms with Crippen LogP contribution in [0.15, 0.2) is 48.7 Å². The smallest absolute Gasteiger partial charge is 0.253 e. The van der Waals surface area contributed by atoms with E-state index in [0.29, 0.717) is 36.9 Å². The van der Waals surface area contributed by atoms with E-state index < -0.39 is 0 Å². The van der Waals surface area contributed by atoms with E-state index in [2.05, 4.69) is 4.98 Å². The lowest BCUT2D eigenvalue weighted by Crippen LogP contribution is -2.36. The summed E-state index contributed by atoms with van der Waals surface area (Å²) in [4.78, 5) is 18.9. The van der Waals surface area contributed by atoms with Crippen LogP contribution in [0.5, 0.6) is 0 Å². The number of halogens is 1. The van der Waals surface area contributed by atoms with E-state index in [4.69, 9.17) is 16.3 Å². The van der Waals surface area contributed by atoms with Crippen molar-refractivity contribution in [3.63, 3.8) is 0 Å². The molecular formula is C18H19ClN2O2. The lowest BCUT2D eigenvalue weighted by molar-refractivity contribution is 0.0737. The van der Waals surface area contributed by atoms with Crippen LogP contribution in [0, 0.1) is 5.92 Å². The van der Waals surface area contributed by atoms with Crippen molar-refractivity contribution in [2.45, 2.75) is 6.42 Å². The van der Waals surface area contributed by atoms with Gasteiger partial charge in [-0.05, 0) is 42.8 Å². The Morgan fingerprint density at radius 2 is 2.09 bits per heavy atom. The molecule has 1 amide bonds. The van der Waals surface area contributed by atoms with Gasteiger partial charge < -0.3 is 9.64 Å². The molecule has 1 fully saturated rings. The number of carbonyl (C=O) groups excluding carboxylic acids is 1. The zero-order valence-corrected chi connectivity index (χ0v) is 13.6. The molecule has 1 aromatic carbocycles. The number of aromatic nitrogens is 1. The van der Waals surface area contributed by atoms with Gasteiger partial charge in [0.15, 0.2) is 0 Å². The lowest BCUT2D eigenvalue weighted by atomic mass is 10.0. The van der Waals surface area contributed by atoms with Gasteiger partial charge in [0.1, 0.15) is 0 Å². The Balaban J connectivity index is 1.69. The predicted molar refractivity (Wildman–Crippen MR) is 89.6 cm³/mol. The molecule has 2 aromatic rings. The molecule has 23 heavy (non-hydrogen) atoms. The van der Waals surface area contributed by atoms with Crippen molar-refractivity contribution in [2.24, 2.45) is 5.92 Å². The summed E-state index contributed by atoms with van der Waals surface area (Å²) in [6, 6.07) is 12.9. The zero-order chi connectivity index (χ0) is 16.1. The predicted octanol–water partition coefficient (Wildman–Crippen LogP) is 3.07. The molecule has 4 nitrogen and oxygen atoms in total. The van der Waals surface area contributed by atoms with Crippen LogP contribution in [0.3, 0.4) is 0 Å². The Morgan fingerprint density at radius 3 is 2.83 bits per heavy atom. The number of nitrogens with zero attached hydrogens (tertiary/aromatic N) is 2. The monoisotopic (exact) mass is 330 g/mol. The molecule has 120 valence electrons. The van der Waals surface area contributed by atoms with Crippen molar-refractivity contribution in [1.82, 2.24) is 9.88 Å². The van der Waals surface area contributed by atoms with Crippen molar-refractivity contribution in [3.8, 4) is 0 Å². The van der Waals surface area contributed by atoms with E-state index in [1.165, 1.54) is 0 Å². The molecule has 1 unspecified atom stereocenters. The fraction of sp³-hybridized carbons (Fsp3) is 0.333. The summed E-state index contributed by atoms with van der Waals surface area (Å²) in [7, 11) is 0. The molecule has 0 saturated carbocycles. The summed E-state index contributed by atoms with van der Waals surface area (Å²) in [5, 5.41) is 0.633. The molecule has 0 aliphatic carbocycles. The van der Waals surface area contributed by atoms with Gasteiger partial charge in [-0.25, -0.2) is 0 Å². The second-order valence-corrected chi connectivity index (χ2v) is 6.16. The molecule has 1 saturated heterocycles. The first kappa shape index (κ1) is 16.0. The third-order valence-corrected chi connectivity index (χ3v) is 4.19. The highest BCUT2D eigenvalue weighted by Crippen LogP contribution is 2.16. The van der Waals surface area contributed by atoms with Crippen molar-refractivity contribution in [3.05, 3.63) is 64.9 Å². The molecule has 2 heterocycles. The number of rotatable bonds is 3. The Kier molecular flexibility index (Phi) is 5.26. The minimum atomic E-state index is 0.0261. The van der Waals surface area contributed by atoms with Gasteiger partial charge in [-0.1, -0.05) is 17.7 Å². The minimum absolute atomic E-state index is 0.0261. The molecule has 1 aliphatic heterocycles. The Hall–Kier alpha value is -1.91. The van der Waals surface area contributed by atoms with Crippen molar-refractivity contribution in [1.29, 1.82) is 0 Å². The summed E-state index contributed by atoms with van der Waals surface area (Å²) in [6.07, 6.45) is 2.61. The highest BCUT2D eigenvalue weighted by molar-refractivity contribution is 6.30. The number of pyridine rings is 1. The largest absolute Gasteiger partial charge is 0.379 e. The third kappa shape index (κ3) is 4.30. The molecular weight excluding hydrogens is 312 g/mol. The number of hydrogen-bond donors (Lipinski definition) is 0. The van der Waals surface area contributed by atoms with Crippen molar-refractivity contribution < 1.29 is 9.53 Å². The molecule has 0 radical (unpaired) electrons. The van der Waals surface area contributed by atoms with E-state index in [0.717, 1.165) is 12.1 Å². The number of ether oxygens (including phenoxy) is 1. The third-order valence-electron chi connectivity index (χ3n) is 3.94. The highest BCUT2D eigenvalue weighted by atomic mass is 35.5. The van der Waals surface area contributed by atoms with Crippen LogP contribution < -0.4 is 0 Å². The number of amides is 1. The van der Waals surface area contributed by atoms with Gasteiger partial charge in [0, 0.05) is 41.5 Å². The SMILES string of the molecule is O=C(c1ccc(Cl)cc1)N1CCOCC(Cc2ccccn2)C1. The molecule has 3 rings (SSSR count). The number of hydrogen-bond acceptors (Lipinski definition) is 3. The quantitative estimate of drug-likeness (QED) is 0.868. The van der Waals surface area contributed by atoms with Crippen LogP contribution in [0.4, 0.5) is 0 Å². The average Bonchev–Trinajstić information content (AvgIpc) is 2.81. The van der Waals surface area contributed by atoms with E-state index in [9.17, 15) is 4.79 Å². The maximum absolute atomic E-state index is 12.7. The summed E-state index contributed by atoms with van der Waals surface area (Å²) in [5.74, 6) is 0.279. The topological polar surface area (TPSA) is 42.4 Å². The average molecular weight is 331 g/mol. The van der Waals surface area contributed by atoms with Gasteiger partial charge in [0.05, 0.1) is 13.2 Å². The molecule has 0 bridgehead atoms. The maximum atomic E-state index is 12.7. The van der Waals surface area contributed by atoms with Gasteiger partial charge >= 0.3 is 0 Å². The fourth-order valence-corrected chi connectivity index (χ4v) is 2.90. The summed E-state index contributed by atoms with van der Waals surface area (Å²) in [6.45, 7) is 2.51. The van der Waals surface area contributed by atoms with Crippen LogP contribution in [0.25, 0.3) is 0 Å². The molecule has 5 heteroatoms. The summed E-state index contributed by atoms with van der Waals surface area (Å²) >= 11 is 5.89. The van der Waals surface area contributed by atoms with Crippen LogP contribution in [-0.2, 0) is 11.2 Å². The van der Waals surface area contributed by atoms with Crippen LogP contribution in [0.1, 0.15) is 16.1 Å². The number of benzene rings is 1. The fourth-order valence-electron chi connectivity index (χ4n) is 2.78. The standard InChI is InChI=1S/C18H19ClN2O2/c19-16-6-4-15(5-7-16)18(22)21-9-10-23-13-14(12-21)11-17-3-1-2-8-20-17/h1-8,14H,9-13H2. The van der Waals surface area contributed by atoms with Gasteiger partial charge in [0.2, 0.25) is 0 Å². The normalized spacial score (nSPS) is 18.5. The maximum Gasteiger partial charge on any atom is 0.253 e. The zero-order valence-electron chi connectivity index (χ0n) is 12.8. The molecule has 1 aromatic heterocycles. The second-order valence-electron chi connectivity index (χ2n) is 5.72. The van der Waals surface area contributed by atoms with Crippen LogP contribution in [0.2, 0.25) is 5.02 Å². The number of carbonyl (C=O) groups is 1. The Morgan fingerprint density at radius 1 is 1.26 bits per heavy atom. The molecule has 1 atom stereocenters. The molecule has 0 N–H and O–H groups in total. The molecule has 1 aliphatic rings. The Bertz CT molecular complexity index is 646. The summed E-state index contributed by atoms with van der Waals surface area (Å²) in [5.41, 5.74) is 1.69. The Labute approximate surface area is 141 Å². The van der Waals surface area contributed by atoms with Crippen LogP contribution in [-0.4, -0.2) is 42.1 Å². The van der Waals surface area contributed by atoms with Crippen molar-refractivity contribution in [2.75, 3.05) is 26.3 Å². The lowest BCUT2D eigenvalue weighted by Gasteiger charge is -2.23.